The number of aliphatic carboxylic acids is 2. The number of carbonyl (C=O) groups is 2. The Morgan fingerprint density at radius 1 is 0.347 bits per heavy atom. The Labute approximate surface area is 321 Å². The zero-order chi connectivity index (χ0) is 36.9. The second-order valence-electron chi connectivity index (χ2n) is 14.4. The van der Waals surface area contributed by atoms with Crippen molar-refractivity contribution < 1.29 is 51.7 Å². The van der Waals surface area contributed by atoms with E-state index in [1.807, 2.05) is 0 Å². The van der Waals surface area contributed by atoms with Gasteiger partial charge in [-0.15, -0.1) is 0 Å². The topological polar surface area (TPSA) is 115 Å². The van der Waals surface area contributed by atoms with Gasteiger partial charge in [0.25, 0.3) is 0 Å². The van der Waals surface area contributed by atoms with Crippen LogP contribution in [0, 0.1) is 0 Å². The largest absolute Gasteiger partial charge is 0.481 e. The van der Waals surface area contributed by atoms with Gasteiger partial charge in [0.05, 0.1) is 0 Å². The number of rotatable bonds is 32. The minimum atomic E-state index is -0.653. The fourth-order valence-electron chi connectivity index (χ4n) is 5.30. The van der Waals surface area contributed by atoms with Gasteiger partial charge >= 0.3 is 11.9 Å². The molecule has 0 aromatic rings. The van der Waals surface area contributed by atoms with Gasteiger partial charge in [-0.25, -0.2) is 0 Å². The summed E-state index contributed by atoms with van der Waals surface area (Å²) in [6, 6.07) is 0. The summed E-state index contributed by atoms with van der Waals surface area (Å²) >= 11 is 0. The Morgan fingerprint density at radius 3 is 0.592 bits per heavy atom. The van der Waals surface area contributed by atoms with Crippen LogP contribution in [0.3, 0.4) is 0 Å². The third-order valence-electron chi connectivity index (χ3n) is 7.99. The van der Waals surface area contributed by atoms with E-state index in [9.17, 15) is 9.59 Å². The van der Waals surface area contributed by atoms with E-state index in [4.69, 9.17) is 20.4 Å². The van der Waals surface area contributed by atoms with Crippen molar-refractivity contribution in [1.82, 2.24) is 0 Å². The van der Waals surface area contributed by atoms with Crippen molar-refractivity contribution in [2.75, 3.05) is 0 Å². The van der Waals surface area contributed by atoms with Crippen LogP contribution < -0.4 is 0 Å². The SMILES string of the molecule is CC(C)O.CC(C)O.CCCCCCCCCCCCCCCCCC(=O)O.CCCCCCCCCCCCCCCCCC(=O)O.[Ti]. The molecule has 0 aliphatic heterocycles. The molecule has 0 radical (unpaired) electrons. The number of aliphatic hydroxyl groups excluding tert-OH is 2. The van der Waals surface area contributed by atoms with E-state index in [1.165, 1.54) is 167 Å². The van der Waals surface area contributed by atoms with Crippen LogP contribution in [0.5, 0.6) is 0 Å². The standard InChI is InChI=1S/2C18H36O2.2C3H8O.Ti/c2*1-2-3-4-5-6-7-8-9-10-11-12-13-14-15-16-17-18(19)20;2*1-3(2)4;/h2*2-17H2,1H3,(H,19,20);2*3-4H,1-2H3;. The summed E-state index contributed by atoms with van der Waals surface area (Å²) in [6.45, 7) is 11.4. The average molecular weight is 737 g/mol. The molecule has 7 heteroatoms. The Balaban J connectivity index is -0.000000212. The molecule has 0 aromatic carbocycles. The molecule has 0 aliphatic rings. The Kier molecular flexibility index (Phi) is 64.2. The van der Waals surface area contributed by atoms with Gasteiger partial charge in [-0.1, -0.05) is 194 Å². The zero-order valence-corrected chi connectivity index (χ0v) is 35.4. The van der Waals surface area contributed by atoms with Crippen molar-refractivity contribution in [3.05, 3.63) is 0 Å². The van der Waals surface area contributed by atoms with Crippen molar-refractivity contribution in [2.45, 2.75) is 259 Å². The van der Waals surface area contributed by atoms with Crippen molar-refractivity contribution in [1.29, 1.82) is 0 Å². The second kappa shape index (κ2) is 54.4. The summed E-state index contributed by atoms with van der Waals surface area (Å²) in [5.41, 5.74) is 0. The van der Waals surface area contributed by atoms with Crippen LogP contribution in [0.2, 0.25) is 0 Å². The van der Waals surface area contributed by atoms with Crippen molar-refractivity contribution in [2.24, 2.45) is 0 Å². The number of carboxylic acid groups (broad SMARTS) is 2. The maximum Gasteiger partial charge on any atom is 0.303 e. The van der Waals surface area contributed by atoms with E-state index in [0.717, 1.165) is 25.7 Å². The van der Waals surface area contributed by atoms with Crippen LogP contribution in [0.4, 0.5) is 0 Å². The van der Waals surface area contributed by atoms with Crippen molar-refractivity contribution in [3.63, 3.8) is 0 Å². The average Bonchev–Trinajstić information content (AvgIpc) is 3.00. The normalized spacial score (nSPS) is 10.3. The van der Waals surface area contributed by atoms with Gasteiger partial charge in [0.2, 0.25) is 0 Å². The molecule has 6 nitrogen and oxygen atoms in total. The second-order valence-corrected chi connectivity index (χ2v) is 14.4. The molecular formula is C42H88O6Ti. The fourth-order valence-corrected chi connectivity index (χ4v) is 5.30. The first-order chi connectivity index (χ1) is 23.0. The predicted octanol–water partition coefficient (Wildman–Crippen LogP) is 13.4. The molecule has 0 saturated carbocycles. The summed E-state index contributed by atoms with van der Waals surface area (Å²) in [5, 5.41) is 33.1. The third-order valence-corrected chi connectivity index (χ3v) is 7.99. The maximum atomic E-state index is 10.3. The van der Waals surface area contributed by atoms with Gasteiger partial charge in [0.1, 0.15) is 0 Å². The van der Waals surface area contributed by atoms with E-state index in [0.29, 0.717) is 12.8 Å². The van der Waals surface area contributed by atoms with Crippen LogP contribution in [0.15, 0.2) is 0 Å². The Morgan fingerprint density at radius 2 is 0.469 bits per heavy atom. The molecule has 0 atom stereocenters. The van der Waals surface area contributed by atoms with Crippen LogP contribution in [0.1, 0.15) is 247 Å². The molecule has 0 bridgehead atoms. The van der Waals surface area contributed by atoms with Gasteiger partial charge < -0.3 is 20.4 Å². The number of hydrogen-bond acceptors (Lipinski definition) is 4. The molecule has 0 saturated heterocycles. The first-order valence-electron chi connectivity index (χ1n) is 20.8. The number of hydrogen-bond donors (Lipinski definition) is 4. The quantitative estimate of drug-likeness (QED) is 0.0404. The molecule has 4 N–H and O–H groups in total. The smallest absolute Gasteiger partial charge is 0.303 e. The van der Waals surface area contributed by atoms with Gasteiger partial charge in [0.15, 0.2) is 0 Å². The van der Waals surface area contributed by atoms with E-state index in [-0.39, 0.29) is 33.9 Å². The van der Waals surface area contributed by atoms with Crippen LogP contribution in [-0.4, -0.2) is 44.6 Å². The van der Waals surface area contributed by atoms with Gasteiger partial charge in [0, 0.05) is 46.8 Å². The van der Waals surface area contributed by atoms with Crippen LogP contribution >= 0.6 is 0 Å². The molecule has 0 amide bonds. The summed E-state index contributed by atoms with van der Waals surface area (Å²) in [5.74, 6) is -1.31. The van der Waals surface area contributed by atoms with E-state index >= 15 is 0 Å². The molecule has 49 heavy (non-hydrogen) atoms. The molecule has 0 aromatic heterocycles. The summed E-state index contributed by atoms with van der Waals surface area (Å²) in [6.07, 6.45) is 40.1. The van der Waals surface area contributed by atoms with Crippen LogP contribution in [-0.2, 0) is 31.3 Å². The Bertz CT molecular complexity index is 530. The molecule has 0 aliphatic carbocycles. The van der Waals surface area contributed by atoms with Gasteiger partial charge in [-0.3, -0.25) is 9.59 Å². The zero-order valence-electron chi connectivity index (χ0n) is 33.9. The van der Waals surface area contributed by atoms with E-state index in [1.54, 1.807) is 27.7 Å². The summed E-state index contributed by atoms with van der Waals surface area (Å²) in [4.78, 5) is 20.7. The summed E-state index contributed by atoms with van der Waals surface area (Å²) < 4.78 is 0. The first kappa shape index (κ1) is 57.9. The minimum absolute atomic E-state index is 0. The van der Waals surface area contributed by atoms with Crippen LogP contribution in [0.25, 0.3) is 0 Å². The van der Waals surface area contributed by atoms with Crippen molar-refractivity contribution in [3.8, 4) is 0 Å². The molecular weight excluding hydrogens is 648 g/mol. The molecule has 296 valence electrons. The number of carboxylic acids is 2. The third kappa shape index (κ3) is 87.7. The molecule has 0 heterocycles. The number of aliphatic hydroxyl groups is 2. The Hall–Kier alpha value is -0.426. The maximum absolute atomic E-state index is 10.3. The van der Waals surface area contributed by atoms with Gasteiger partial charge in [-0.05, 0) is 40.5 Å². The van der Waals surface area contributed by atoms with Crippen molar-refractivity contribution >= 4 is 11.9 Å². The molecule has 0 unspecified atom stereocenters. The minimum Gasteiger partial charge on any atom is -0.481 e. The predicted molar refractivity (Wildman–Crippen MR) is 209 cm³/mol. The number of unbranched alkanes of at least 4 members (excludes halogenated alkanes) is 28. The molecule has 0 rings (SSSR count). The van der Waals surface area contributed by atoms with E-state index in [2.05, 4.69) is 13.8 Å². The fraction of sp³-hybridized carbons (Fsp3) is 0.952. The first-order valence-corrected chi connectivity index (χ1v) is 20.8. The molecule has 0 spiro atoms. The monoisotopic (exact) mass is 737 g/mol. The van der Waals surface area contributed by atoms with E-state index < -0.39 is 11.9 Å². The van der Waals surface area contributed by atoms with Gasteiger partial charge in [-0.2, -0.15) is 0 Å². The molecule has 0 fully saturated rings. The summed E-state index contributed by atoms with van der Waals surface area (Å²) in [7, 11) is 0.